The molecule has 1 rings (SSSR count). The highest BCUT2D eigenvalue weighted by atomic mass is 19.2. The van der Waals surface area contributed by atoms with Crippen molar-refractivity contribution in [2.75, 3.05) is 0 Å². The predicted octanol–water partition coefficient (Wildman–Crippen LogP) is 2.91. The molecule has 0 aliphatic rings. The minimum absolute atomic E-state index is 0.159. The zero-order valence-electron chi connectivity index (χ0n) is 9.63. The van der Waals surface area contributed by atoms with E-state index >= 15 is 0 Å². The molecule has 2 atom stereocenters. The van der Waals surface area contributed by atoms with Crippen molar-refractivity contribution in [3.63, 3.8) is 0 Å². The van der Waals surface area contributed by atoms with E-state index in [0.717, 1.165) is 18.9 Å². The van der Waals surface area contributed by atoms with Crippen LogP contribution in [0.2, 0.25) is 0 Å². The smallest absolute Gasteiger partial charge is 0.163 e. The van der Waals surface area contributed by atoms with Crippen molar-refractivity contribution in [3.05, 3.63) is 35.4 Å². The van der Waals surface area contributed by atoms with Gasteiger partial charge in [0, 0.05) is 5.56 Å². The van der Waals surface area contributed by atoms with Crippen LogP contribution in [0.5, 0.6) is 0 Å². The van der Waals surface area contributed by atoms with Gasteiger partial charge in [-0.15, -0.1) is 0 Å². The monoisotopic (exact) mass is 228 g/mol. The third-order valence-electron chi connectivity index (χ3n) is 2.81. The van der Waals surface area contributed by atoms with Gasteiger partial charge in [-0.1, -0.05) is 32.4 Å². The van der Waals surface area contributed by atoms with Crippen molar-refractivity contribution >= 4 is 0 Å². The number of nitrogens with two attached hydrogens (primary N) is 1. The quantitative estimate of drug-likeness (QED) is 0.600. The van der Waals surface area contributed by atoms with Gasteiger partial charge < -0.3 is 0 Å². The van der Waals surface area contributed by atoms with Crippen LogP contribution in [0.1, 0.15) is 38.3 Å². The number of nitrogens with one attached hydrogen (secondary N) is 1. The molecule has 2 nitrogen and oxygen atoms in total. The highest BCUT2D eigenvalue weighted by molar-refractivity contribution is 5.23. The molecule has 0 saturated carbocycles. The predicted molar refractivity (Wildman–Crippen MR) is 60.5 cm³/mol. The fraction of sp³-hybridized carbons (Fsp3) is 0.500. The normalized spacial score (nSPS) is 14.8. The lowest BCUT2D eigenvalue weighted by Crippen LogP contribution is -2.33. The molecule has 16 heavy (non-hydrogen) atoms. The third-order valence-corrected chi connectivity index (χ3v) is 2.81. The van der Waals surface area contributed by atoms with Gasteiger partial charge in [-0.25, -0.2) is 8.78 Å². The van der Waals surface area contributed by atoms with Crippen molar-refractivity contribution in [2.45, 2.75) is 32.7 Å². The summed E-state index contributed by atoms with van der Waals surface area (Å²) in [7, 11) is 0. The largest absolute Gasteiger partial charge is 0.271 e. The molecule has 3 N–H and O–H groups in total. The molecule has 1 aromatic rings. The number of hydrogen-bond donors (Lipinski definition) is 2. The molecule has 0 fully saturated rings. The van der Waals surface area contributed by atoms with Gasteiger partial charge in [-0.2, -0.15) is 0 Å². The van der Waals surface area contributed by atoms with Gasteiger partial charge in [0.25, 0.3) is 0 Å². The standard InChI is InChI=1S/C12H18F2N2/c1-3-5-8(2)12(16-15)9-6-4-7-10(13)11(9)14/h4,6-8,12,16H,3,5,15H2,1-2H3. The van der Waals surface area contributed by atoms with Crippen LogP contribution in [0.3, 0.4) is 0 Å². The number of halogens is 2. The van der Waals surface area contributed by atoms with E-state index in [1.165, 1.54) is 6.07 Å². The number of hydrazine groups is 1. The Morgan fingerprint density at radius 3 is 2.62 bits per heavy atom. The lowest BCUT2D eigenvalue weighted by molar-refractivity contribution is 0.352. The molecule has 2 unspecified atom stereocenters. The Labute approximate surface area is 94.8 Å². The summed E-state index contributed by atoms with van der Waals surface area (Å²) >= 11 is 0. The third kappa shape index (κ3) is 2.77. The van der Waals surface area contributed by atoms with Crippen molar-refractivity contribution in [3.8, 4) is 0 Å². The summed E-state index contributed by atoms with van der Waals surface area (Å²) in [6.07, 6.45) is 1.89. The molecule has 0 aliphatic heterocycles. The lowest BCUT2D eigenvalue weighted by Gasteiger charge is -2.23. The van der Waals surface area contributed by atoms with Gasteiger partial charge in [-0.3, -0.25) is 11.3 Å². The Balaban J connectivity index is 2.99. The number of hydrogen-bond acceptors (Lipinski definition) is 2. The van der Waals surface area contributed by atoms with Crippen LogP contribution < -0.4 is 11.3 Å². The summed E-state index contributed by atoms with van der Waals surface area (Å²) in [6, 6.07) is 3.82. The molecule has 0 heterocycles. The summed E-state index contributed by atoms with van der Waals surface area (Å²) in [5.41, 5.74) is 2.86. The molecule has 0 spiro atoms. The Bertz CT molecular complexity index is 342. The maximum atomic E-state index is 13.6. The SMILES string of the molecule is CCCC(C)C(NN)c1cccc(F)c1F. The molecule has 0 saturated heterocycles. The van der Waals surface area contributed by atoms with Crippen LogP contribution in [-0.2, 0) is 0 Å². The summed E-state index contributed by atoms with van der Waals surface area (Å²) in [5, 5.41) is 0. The second kappa shape index (κ2) is 5.92. The van der Waals surface area contributed by atoms with Gasteiger partial charge in [0.05, 0.1) is 6.04 Å². The molecule has 0 radical (unpaired) electrons. The van der Waals surface area contributed by atoms with E-state index < -0.39 is 11.6 Å². The second-order valence-electron chi connectivity index (χ2n) is 4.05. The first-order valence-electron chi connectivity index (χ1n) is 5.51. The number of rotatable bonds is 5. The highest BCUT2D eigenvalue weighted by Crippen LogP contribution is 2.27. The Morgan fingerprint density at radius 2 is 2.06 bits per heavy atom. The minimum Gasteiger partial charge on any atom is -0.271 e. The molecule has 0 aliphatic carbocycles. The average molecular weight is 228 g/mol. The van der Waals surface area contributed by atoms with Crippen molar-refractivity contribution in [1.82, 2.24) is 5.43 Å². The van der Waals surface area contributed by atoms with E-state index in [1.807, 2.05) is 13.8 Å². The van der Waals surface area contributed by atoms with Crippen molar-refractivity contribution in [2.24, 2.45) is 11.8 Å². The molecule has 1 aromatic carbocycles. The van der Waals surface area contributed by atoms with E-state index in [4.69, 9.17) is 5.84 Å². The van der Waals surface area contributed by atoms with Gasteiger partial charge in [0.1, 0.15) is 0 Å². The van der Waals surface area contributed by atoms with Crippen LogP contribution in [-0.4, -0.2) is 0 Å². The first-order chi connectivity index (χ1) is 7.61. The zero-order chi connectivity index (χ0) is 12.1. The van der Waals surface area contributed by atoms with Crippen molar-refractivity contribution < 1.29 is 8.78 Å². The summed E-state index contributed by atoms with van der Waals surface area (Å²) in [5.74, 6) is 3.93. The van der Waals surface area contributed by atoms with Gasteiger partial charge >= 0.3 is 0 Å². The van der Waals surface area contributed by atoms with Gasteiger partial charge in [-0.05, 0) is 18.4 Å². The molecule has 0 aromatic heterocycles. The van der Waals surface area contributed by atoms with Crippen LogP contribution in [0.15, 0.2) is 18.2 Å². The van der Waals surface area contributed by atoms with E-state index in [9.17, 15) is 8.78 Å². The fourth-order valence-electron chi connectivity index (χ4n) is 1.94. The second-order valence-corrected chi connectivity index (χ2v) is 4.05. The first-order valence-corrected chi connectivity index (χ1v) is 5.51. The van der Waals surface area contributed by atoms with Crippen LogP contribution in [0, 0.1) is 17.6 Å². The summed E-state index contributed by atoms with van der Waals surface area (Å²) in [6.45, 7) is 4.02. The van der Waals surface area contributed by atoms with Crippen molar-refractivity contribution in [1.29, 1.82) is 0 Å². The van der Waals surface area contributed by atoms with Crippen LogP contribution >= 0.6 is 0 Å². The molecular weight excluding hydrogens is 210 g/mol. The van der Waals surface area contributed by atoms with Crippen LogP contribution in [0.25, 0.3) is 0 Å². The Morgan fingerprint density at radius 1 is 1.38 bits per heavy atom. The maximum Gasteiger partial charge on any atom is 0.163 e. The summed E-state index contributed by atoms with van der Waals surface area (Å²) in [4.78, 5) is 0. The minimum atomic E-state index is -0.832. The lowest BCUT2D eigenvalue weighted by atomic mass is 9.91. The van der Waals surface area contributed by atoms with E-state index in [-0.39, 0.29) is 12.0 Å². The van der Waals surface area contributed by atoms with E-state index in [0.29, 0.717) is 5.56 Å². The molecular formula is C12H18F2N2. The Hall–Kier alpha value is -1.00. The molecule has 90 valence electrons. The van der Waals surface area contributed by atoms with E-state index in [1.54, 1.807) is 6.07 Å². The van der Waals surface area contributed by atoms with Gasteiger partial charge in [0.15, 0.2) is 11.6 Å². The van der Waals surface area contributed by atoms with E-state index in [2.05, 4.69) is 5.43 Å². The molecule has 4 heteroatoms. The van der Waals surface area contributed by atoms with Crippen LogP contribution in [0.4, 0.5) is 8.78 Å². The average Bonchev–Trinajstić information content (AvgIpc) is 2.25. The zero-order valence-corrected chi connectivity index (χ0v) is 9.63. The number of benzene rings is 1. The topological polar surface area (TPSA) is 38.0 Å². The Kier molecular flexibility index (Phi) is 4.83. The molecule has 0 amide bonds. The molecule has 0 bridgehead atoms. The maximum absolute atomic E-state index is 13.6. The van der Waals surface area contributed by atoms with Gasteiger partial charge in [0.2, 0.25) is 0 Å². The highest BCUT2D eigenvalue weighted by Gasteiger charge is 2.21. The summed E-state index contributed by atoms with van der Waals surface area (Å²) < 4.78 is 26.7. The fourth-order valence-corrected chi connectivity index (χ4v) is 1.94. The first kappa shape index (κ1) is 13.1.